The molecule has 1 aromatic rings. The minimum absolute atomic E-state index is 0.0801. The number of esters is 1. The highest BCUT2D eigenvalue weighted by molar-refractivity contribution is 6.38. The van der Waals surface area contributed by atoms with Gasteiger partial charge < -0.3 is 14.2 Å². The van der Waals surface area contributed by atoms with Crippen molar-refractivity contribution in [2.75, 3.05) is 20.8 Å². The van der Waals surface area contributed by atoms with Gasteiger partial charge in [0.15, 0.2) is 5.78 Å². The molecule has 108 valence electrons. The van der Waals surface area contributed by atoms with Crippen LogP contribution < -0.4 is 9.47 Å². The monoisotopic (exact) mass is 280 g/mol. The number of ketones is 2. The molecule has 0 radical (unpaired) electrons. The number of methoxy groups -OCH3 is 2. The number of Topliss-reactive ketones (excluding diaryl/α,β-unsaturated/α-hetero) is 2. The lowest BCUT2D eigenvalue weighted by Gasteiger charge is -2.11. The van der Waals surface area contributed by atoms with E-state index in [4.69, 9.17) is 9.47 Å². The van der Waals surface area contributed by atoms with Gasteiger partial charge in [-0.05, 0) is 19.1 Å². The molecule has 0 saturated carbocycles. The van der Waals surface area contributed by atoms with E-state index < -0.39 is 24.0 Å². The van der Waals surface area contributed by atoms with E-state index in [0.717, 1.165) is 0 Å². The molecule has 0 aliphatic heterocycles. The van der Waals surface area contributed by atoms with Crippen LogP contribution in [0.3, 0.4) is 0 Å². The number of ether oxygens (including phenoxy) is 3. The van der Waals surface area contributed by atoms with Crippen molar-refractivity contribution in [1.82, 2.24) is 0 Å². The van der Waals surface area contributed by atoms with E-state index in [2.05, 4.69) is 4.74 Å². The molecule has 0 aliphatic rings. The second-order valence-corrected chi connectivity index (χ2v) is 3.78. The van der Waals surface area contributed by atoms with Gasteiger partial charge in [-0.15, -0.1) is 0 Å². The van der Waals surface area contributed by atoms with Gasteiger partial charge in [-0.1, -0.05) is 6.07 Å². The number of hydrogen-bond acceptors (Lipinski definition) is 6. The summed E-state index contributed by atoms with van der Waals surface area (Å²) in [4.78, 5) is 34.9. The van der Waals surface area contributed by atoms with Crippen LogP contribution in [-0.4, -0.2) is 38.4 Å². The van der Waals surface area contributed by atoms with Crippen LogP contribution >= 0.6 is 0 Å². The van der Waals surface area contributed by atoms with E-state index in [1.807, 2.05) is 0 Å². The first-order chi connectivity index (χ1) is 9.54. The topological polar surface area (TPSA) is 78.9 Å². The summed E-state index contributed by atoms with van der Waals surface area (Å²) in [6.45, 7) is 1.66. The van der Waals surface area contributed by atoms with Crippen LogP contribution in [0.15, 0.2) is 18.2 Å². The van der Waals surface area contributed by atoms with Gasteiger partial charge in [0.2, 0.25) is 5.78 Å². The van der Waals surface area contributed by atoms with Crippen LogP contribution in [0.1, 0.15) is 23.7 Å². The Morgan fingerprint density at radius 1 is 1.05 bits per heavy atom. The zero-order chi connectivity index (χ0) is 15.1. The Hall–Kier alpha value is -2.37. The molecule has 1 aromatic carbocycles. The van der Waals surface area contributed by atoms with E-state index in [1.165, 1.54) is 14.2 Å². The standard InChI is InChI=1S/C14H16O6/c1-4-20-14(17)10(16)8-9(15)13-11(18-2)6-5-7-12(13)19-3/h5-7H,4,8H2,1-3H3. The Kier molecular flexibility index (Phi) is 5.71. The molecule has 0 atom stereocenters. The molecule has 0 bridgehead atoms. The third-order valence-corrected chi connectivity index (χ3v) is 2.53. The van der Waals surface area contributed by atoms with Crippen molar-refractivity contribution in [2.24, 2.45) is 0 Å². The summed E-state index contributed by atoms with van der Waals surface area (Å²) in [6.07, 6.45) is -0.588. The fraction of sp³-hybridized carbons (Fsp3) is 0.357. The summed E-state index contributed by atoms with van der Waals surface area (Å²) >= 11 is 0. The molecular weight excluding hydrogens is 264 g/mol. The van der Waals surface area contributed by atoms with E-state index in [0.29, 0.717) is 0 Å². The van der Waals surface area contributed by atoms with Crippen molar-refractivity contribution in [3.05, 3.63) is 23.8 Å². The third-order valence-electron chi connectivity index (χ3n) is 2.53. The van der Waals surface area contributed by atoms with Crippen molar-refractivity contribution in [2.45, 2.75) is 13.3 Å². The Bertz CT molecular complexity index is 498. The summed E-state index contributed by atoms with van der Waals surface area (Å²) in [7, 11) is 2.80. The minimum atomic E-state index is -1.02. The molecule has 6 heteroatoms. The zero-order valence-corrected chi connectivity index (χ0v) is 11.6. The first-order valence-electron chi connectivity index (χ1n) is 5.99. The van der Waals surface area contributed by atoms with Crippen LogP contribution in [0.2, 0.25) is 0 Å². The van der Waals surface area contributed by atoms with Crippen LogP contribution in [0.4, 0.5) is 0 Å². The van der Waals surface area contributed by atoms with Crippen molar-refractivity contribution in [3.8, 4) is 11.5 Å². The van der Waals surface area contributed by atoms with Crippen LogP contribution in [0.25, 0.3) is 0 Å². The molecule has 1 rings (SSSR count). The normalized spacial score (nSPS) is 9.75. The largest absolute Gasteiger partial charge is 0.496 e. The Labute approximate surface area is 116 Å². The molecule has 0 aliphatic carbocycles. The summed E-state index contributed by atoms with van der Waals surface area (Å²) in [5.41, 5.74) is 0.134. The van der Waals surface area contributed by atoms with Crippen molar-refractivity contribution >= 4 is 17.5 Å². The maximum atomic E-state index is 12.1. The molecule has 0 unspecified atom stereocenters. The molecule has 6 nitrogen and oxygen atoms in total. The highest BCUT2D eigenvalue weighted by Crippen LogP contribution is 2.29. The van der Waals surface area contributed by atoms with Crippen LogP contribution in [0, 0.1) is 0 Å². The number of benzene rings is 1. The van der Waals surface area contributed by atoms with E-state index in [9.17, 15) is 14.4 Å². The number of carbonyl (C=O) groups excluding carboxylic acids is 3. The van der Waals surface area contributed by atoms with Gasteiger partial charge in [-0.3, -0.25) is 9.59 Å². The predicted octanol–water partition coefficient (Wildman–Crippen LogP) is 1.41. The molecule has 0 fully saturated rings. The maximum absolute atomic E-state index is 12.1. The fourth-order valence-corrected chi connectivity index (χ4v) is 1.64. The van der Waals surface area contributed by atoms with E-state index >= 15 is 0 Å². The molecular formula is C14H16O6. The van der Waals surface area contributed by atoms with Gasteiger partial charge in [-0.25, -0.2) is 4.79 Å². The second-order valence-electron chi connectivity index (χ2n) is 3.78. The summed E-state index contributed by atoms with van der Waals surface area (Å²) in [5, 5.41) is 0. The summed E-state index contributed by atoms with van der Waals surface area (Å²) < 4.78 is 14.7. The lowest BCUT2D eigenvalue weighted by atomic mass is 10.0. The van der Waals surface area contributed by atoms with Crippen molar-refractivity contribution in [3.63, 3.8) is 0 Å². The Morgan fingerprint density at radius 3 is 2.05 bits per heavy atom. The average molecular weight is 280 g/mol. The summed E-state index contributed by atoms with van der Waals surface area (Å²) in [6, 6.07) is 4.80. The molecule has 0 N–H and O–H groups in total. The van der Waals surface area contributed by atoms with Crippen molar-refractivity contribution < 1.29 is 28.6 Å². The number of rotatable bonds is 7. The molecule has 0 aromatic heterocycles. The minimum Gasteiger partial charge on any atom is -0.496 e. The molecule has 0 saturated heterocycles. The van der Waals surface area contributed by atoms with Gasteiger partial charge in [0.1, 0.15) is 17.1 Å². The first kappa shape index (κ1) is 15.7. The third kappa shape index (κ3) is 3.57. The van der Waals surface area contributed by atoms with Gasteiger partial charge in [0.05, 0.1) is 27.2 Å². The quantitative estimate of drug-likeness (QED) is 0.325. The predicted molar refractivity (Wildman–Crippen MR) is 70.1 cm³/mol. The first-order valence-corrected chi connectivity index (χ1v) is 5.99. The van der Waals surface area contributed by atoms with Gasteiger partial charge in [0, 0.05) is 0 Å². The van der Waals surface area contributed by atoms with Gasteiger partial charge in [0.25, 0.3) is 0 Å². The van der Waals surface area contributed by atoms with Crippen molar-refractivity contribution in [1.29, 1.82) is 0 Å². The SMILES string of the molecule is CCOC(=O)C(=O)CC(=O)c1c(OC)cccc1OC. The molecule has 0 spiro atoms. The Morgan fingerprint density at radius 2 is 1.60 bits per heavy atom. The second kappa shape index (κ2) is 7.28. The number of carbonyl (C=O) groups is 3. The fourth-order valence-electron chi connectivity index (χ4n) is 1.64. The zero-order valence-electron chi connectivity index (χ0n) is 11.6. The number of hydrogen-bond donors (Lipinski definition) is 0. The highest BCUT2D eigenvalue weighted by Gasteiger charge is 2.24. The smallest absolute Gasteiger partial charge is 0.375 e. The molecule has 0 amide bonds. The van der Waals surface area contributed by atoms with Gasteiger partial charge in [-0.2, -0.15) is 0 Å². The summed E-state index contributed by atoms with van der Waals surface area (Å²) in [5.74, 6) is -1.91. The highest BCUT2D eigenvalue weighted by atomic mass is 16.5. The van der Waals surface area contributed by atoms with Crippen LogP contribution in [0.5, 0.6) is 11.5 Å². The maximum Gasteiger partial charge on any atom is 0.375 e. The Balaban J connectivity index is 2.97. The lowest BCUT2D eigenvalue weighted by Crippen LogP contribution is -2.21. The van der Waals surface area contributed by atoms with E-state index in [1.54, 1.807) is 25.1 Å². The molecule has 20 heavy (non-hydrogen) atoms. The lowest BCUT2D eigenvalue weighted by molar-refractivity contribution is -0.153. The average Bonchev–Trinajstić information content (AvgIpc) is 2.46. The van der Waals surface area contributed by atoms with E-state index in [-0.39, 0.29) is 23.7 Å². The van der Waals surface area contributed by atoms with Crippen LogP contribution in [-0.2, 0) is 14.3 Å². The molecule has 0 heterocycles. The van der Waals surface area contributed by atoms with Gasteiger partial charge >= 0.3 is 5.97 Å².